The van der Waals surface area contributed by atoms with Crippen molar-refractivity contribution >= 4 is 5.69 Å². The van der Waals surface area contributed by atoms with Gasteiger partial charge in [0.05, 0.1) is 12.0 Å². The van der Waals surface area contributed by atoms with Gasteiger partial charge in [0.2, 0.25) is 0 Å². The summed E-state index contributed by atoms with van der Waals surface area (Å²) in [7, 11) is 1.94. The maximum atomic E-state index is 10.1. The van der Waals surface area contributed by atoms with Gasteiger partial charge < -0.3 is 15.0 Å². The Morgan fingerprint density at radius 2 is 2.32 bits per heavy atom. The molecule has 0 saturated heterocycles. The van der Waals surface area contributed by atoms with E-state index in [-0.39, 0.29) is 0 Å². The molecule has 1 aromatic carbocycles. The molecule has 2 N–H and O–H groups in total. The van der Waals surface area contributed by atoms with Crippen LogP contribution in [-0.4, -0.2) is 25.9 Å². The van der Waals surface area contributed by atoms with Crippen LogP contribution in [0.3, 0.4) is 0 Å². The average molecular weight is 258 g/mol. The van der Waals surface area contributed by atoms with Gasteiger partial charge >= 0.3 is 0 Å². The topological polar surface area (TPSA) is 53.3 Å². The highest BCUT2D eigenvalue weighted by Gasteiger charge is 2.24. The first-order valence-corrected chi connectivity index (χ1v) is 6.37. The number of anilines is 1. The van der Waals surface area contributed by atoms with Gasteiger partial charge in [0.1, 0.15) is 0 Å². The van der Waals surface area contributed by atoms with Gasteiger partial charge in [-0.25, -0.2) is 4.98 Å². The summed E-state index contributed by atoms with van der Waals surface area (Å²) in [6.07, 6.45) is 3.08. The molecule has 1 aliphatic heterocycles. The Balaban J connectivity index is 1.80. The third-order valence-corrected chi connectivity index (χ3v) is 3.39. The van der Waals surface area contributed by atoms with E-state index in [0.29, 0.717) is 6.54 Å². The number of benzene rings is 1. The lowest BCUT2D eigenvalue weighted by Gasteiger charge is -2.34. The summed E-state index contributed by atoms with van der Waals surface area (Å²) in [6.45, 7) is 3.43. The van der Waals surface area contributed by atoms with Crippen LogP contribution in [0.5, 0.6) is 0 Å². The predicted octanol–water partition coefficient (Wildman–Crippen LogP) is 1.43. The number of nitrogens with zero attached hydrogens (tertiary/aromatic N) is 3. The summed E-state index contributed by atoms with van der Waals surface area (Å²) in [4.78, 5) is 6.26. The zero-order valence-corrected chi connectivity index (χ0v) is 11.2. The molecular weight excluding hydrogens is 240 g/mol. The van der Waals surface area contributed by atoms with Gasteiger partial charge in [0.15, 0.2) is 6.35 Å². The molecule has 0 radical (unpaired) electrons. The van der Waals surface area contributed by atoms with E-state index in [9.17, 15) is 5.11 Å². The first-order valence-electron chi connectivity index (χ1n) is 6.37. The molecule has 5 heteroatoms. The first-order chi connectivity index (χ1) is 9.11. The first kappa shape index (κ1) is 12.2. The van der Waals surface area contributed by atoms with Gasteiger partial charge in [0.25, 0.3) is 0 Å². The van der Waals surface area contributed by atoms with E-state index < -0.39 is 6.35 Å². The number of rotatable bonds is 2. The fourth-order valence-electron chi connectivity index (χ4n) is 2.43. The Morgan fingerprint density at radius 1 is 1.47 bits per heavy atom. The van der Waals surface area contributed by atoms with E-state index in [2.05, 4.69) is 23.3 Å². The van der Waals surface area contributed by atoms with Crippen LogP contribution in [0.4, 0.5) is 5.69 Å². The summed E-state index contributed by atoms with van der Waals surface area (Å²) in [6, 6.07) is 6.22. The lowest BCUT2D eigenvalue weighted by Crippen LogP contribution is -2.43. The Morgan fingerprint density at radius 3 is 3.05 bits per heavy atom. The maximum absolute atomic E-state index is 10.1. The molecule has 1 aliphatic rings. The van der Waals surface area contributed by atoms with Crippen LogP contribution in [0, 0.1) is 6.92 Å². The van der Waals surface area contributed by atoms with Crippen LogP contribution in [0.15, 0.2) is 30.7 Å². The van der Waals surface area contributed by atoms with Gasteiger partial charge in [-0.15, -0.1) is 0 Å². The van der Waals surface area contributed by atoms with E-state index in [1.165, 1.54) is 11.1 Å². The Labute approximate surface area is 112 Å². The molecular formula is C14H18N4O. The van der Waals surface area contributed by atoms with E-state index in [4.69, 9.17) is 0 Å². The minimum Gasteiger partial charge on any atom is -0.361 e. The lowest BCUT2D eigenvalue weighted by molar-refractivity contribution is 0.00730. The van der Waals surface area contributed by atoms with Crippen molar-refractivity contribution in [1.82, 2.24) is 14.5 Å². The monoisotopic (exact) mass is 258 g/mol. The van der Waals surface area contributed by atoms with Crippen molar-refractivity contribution in [2.75, 3.05) is 5.32 Å². The van der Waals surface area contributed by atoms with Crippen molar-refractivity contribution in [2.45, 2.75) is 26.4 Å². The Hall–Kier alpha value is -1.85. The Bertz CT molecular complexity index is 593. The van der Waals surface area contributed by atoms with Crippen molar-refractivity contribution in [3.8, 4) is 0 Å². The summed E-state index contributed by atoms with van der Waals surface area (Å²) >= 11 is 0. The molecule has 1 atom stereocenters. The molecule has 2 heterocycles. The highest BCUT2D eigenvalue weighted by atomic mass is 16.3. The summed E-state index contributed by atoms with van der Waals surface area (Å²) in [5, 5.41) is 13.2. The fraction of sp³-hybridized carbons (Fsp3) is 0.357. The summed E-state index contributed by atoms with van der Waals surface area (Å²) < 4.78 is 1.91. The summed E-state index contributed by atoms with van der Waals surface area (Å²) in [5.41, 5.74) is 4.41. The zero-order valence-electron chi connectivity index (χ0n) is 11.2. The quantitative estimate of drug-likeness (QED) is 0.855. The molecule has 0 amide bonds. The van der Waals surface area contributed by atoms with E-state index in [1.54, 1.807) is 6.33 Å². The molecule has 0 bridgehead atoms. The predicted molar refractivity (Wildman–Crippen MR) is 73.3 cm³/mol. The maximum Gasteiger partial charge on any atom is 0.184 e. The largest absolute Gasteiger partial charge is 0.361 e. The summed E-state index contributed by atoms with van der Waals surface area (Å²) in [5.74, 6) is 0. The molecule has 2 aromatic rings. The second kappa shape index (κ2) is 4.68. The number of aryl methyl sites for hydroxylation is 2. The highest BCUT2D eigenvalue weighted by molar-refractivity contribution is 5.54. The minimum atomic E-state index is -0.669. The van der Waals surface area contributed by atoms with E-state index in [1.807, 2.05) is 34.8 Å². The smallest absolute Gasteiger partial charge is 0.184 e. The molecule has 1 aromatic heterocycles. The van der Waals surface area contributed by atoms with Gasteiger partial charge in [-0.3, -0.25) is 4.90 Å². The van der Waals surface area contributed by atoms with Crippen molar-refractivity contribution in [3.05, 3.63) is 47.5 Å². The van der Waals surface area contributed by atoms with Crippen molar-refractivity contribution in [1.29, 1.82) is 0 Å². The third kappa shape index (κ3) is 2.47. The van der Waals surface area contributed by atoms with Crippen LogP contribution in [-0.2, 0) is 20.1 Å². The van der Waals surface area contributed by atoms with E-state index in [0.717, 1.165) is 17.9 Å². The van der Waals surface area contributed by atoms with Crippen molar-refractivity contribution in [3.63, 3.8) is 0 Å². The Kier molecular flexibility index (Phi) is 3.00. The molecule has 0 saturated carbocycles. The van der Waals surface area contributed by atoms with Crippen molar-refractivity contribution in [2.24, 2.45) is 7.05 Å². The number of aliphatic hydroxyl groups excluding tert-OH is 1. The van der Waals surface area contributed by atoms with Gasteiger partial charge in [-0.2, -0.15) is 0 Å². The highest BCUT2D eigenvalue weighted by Crippen LogP contribution is 2.26. The molecule has 3 rings (SSSR count). The van der Waals surface area contributed by atoms with Crippen LogP contribution in [0.1, 0.15) is 16.8 Å². The number of hydrogen-bond donors (Lipinski definition) is 2. The number of fused-ring (bicyclic) bond motifs is 1. The third-order valence-electron chi connectivity index (χ3n) is 3.39. The molecule has 0 spiro atoms. The van der Waals surface area contributed by atoms with Crippen LogP contribution < -0.4 is 5.32 Å². The molecule has 19 heavy (non-hydrogen) atoms. The molecule has 100 valence electrons. The standard InChI is InChI=1S/C14H18N4O/c1-10-3-4-13-11(5-10)6-18(14(19)16-13)8-12-7-17(2)9-15-12/h3-5,7,9,14,16,19H,6,8H2,1-2H3. The molecule has 0 aliphatic carbocycles. The number of nitrogens with one attached hydrogen (secondary N) is 1. The van der Waals surface area contributed by atoms with Gasteiger partial charge in [0, 0.05) is 32.0 Å². The number of aliphatic hydroxyl groups is 1. The number of imidazole rings is 1. The number of aromatic nitrogens is 2. The second-order valence-electron chi connectivity index (χ2n) is 5.11. The zero-order chi connectivity index (χ0) is 13.4. The van der Waals surface area contributed by atoms with Crippen LogP contribution in [0.25, 0.3) is 0 Å². The fourth-order valence-corrected chi connectivity index (χ4v) is 2.43. The molecule has 1 unspecified atom stereocenters. The lowest BCUT2D eigenvalue weighted by atomic mass is 10.1. The van der Waals surface area contributed by atoms with E-state index >= 15 is 0 Å². The van der Waals surface area contributed by atoms with Crippen molar-refractivity contribution < 1.29 is 5.11 Å². The van der Waals surface area contributed by atoms with Gasteiger partial charge in [-0.1, -0.05) is 17.7 Å². The SMILES string of the molecule is Cc1ccc2c(c1)CN(Cc1cn(C)cn1)C(O)N2. The molecule has 0 fully saturated rings. The van der Waals surface area contributed by atoms with Crippen LogP contribution >= 0.6 is 0 Å². The van der Waals surface area contributed by atoms with Crippen LogP contribution in [0.2, 0.25) is 0 Å². The van der Waals surface area contributed by atoms with Gasteiger partial charge in [-0.05, 0) is 18.6 Å². The number of hydrogen-bond acceptors (Lipinski definition) is 4. The second-order valence-corrected chi connectivity index (χ2v) is 5.11. The normalized spacial score (nSPS) is 19.0. The molecule has 5 nitrogen and oxygen atoms in total. The average Bonchev–Trinajstić information content (AvgIpc) is 2.76. The minimum absolute atomic E-state index is 0.627.